The minimum Gasteiger partial charge on any atom is -0.455 e. The summed E-state index contributed by atoms with van der Waals surface area (Å²) in [5.74, 6) is 0.682. The molecular weight excluding hydrogens is 701 g/mol. The van der Waals surface area contributed by atoms with Gasteiger partial charge in [-0.3, -0.25) is 0 Å². The first-order chi connectivity index (χ1) is 27.7. The maximum absolute atomic E-state index is 6.45. The standard InChI is InChI=1S/C52H32N2OS/c1-3-14-33(15-4-1)37-29-38(41-23-13-25-45-43-21-8-10-27-49(43)56-51(41)45)31-39(30-37)47-32-46(53-52(54-47)34-16-5-2-6-17-34)36-19-11-18-35(28-36)40-22-12-24-44-42-20-7-9-26-48(42)55-50(40)44/h1-32H. The Labute approximate surface area is 327 Å². The Kier molecular flexibility index (Phi) is 7.68. The Balaban J connectivity index is 1.11. The van der Waals surface area contributed by atoms with Gasteiger partial charge in [0, 0.05) is 53.2 Å². The maximum atomic E-state index is 6.45. The van der Waals surface area contributed by atoms with Crippen LogP contribution in [0.1, 0.15) is 0 Å². The van der Waals surface area contributed by atoms with Crippen molar-refractivity contribution in [2.45, 2.75) is 0 Å². The van der Waals surface area contributed by atoms with E-state index in [0.29, 0.717) is 5.82 Å². The van der Waals surface area contributed by atoms with Crippen molar-refractivity contribution in [2.75, 3.05) is 0 Å². The van der Waals surface area contributed by atoms with Crippen molar-refractivity contribution in [3.63, 3.8) is 0 Å². The first-order valence-electron chi connectivity index (χ1n) is 18.8. The molecule has 0 fully saturated rings. The molecule has 0 aliphatic heterocycles. The largest absolute Gasteiger partial charge is 0.455 e. The summed E-state index contributed by atoms with van der Waals surface area (Å²) in [5, 5.41) is 4.80. The fourth-order valence-corrected chi connectivity index (χ4v) is 9.22. The van der Waals surface area contributed by atoms with Crippen molar-refractivity contribution in [3.8, 4) is 67.3 Å². The number of rotatable bonds is 6. The monoisotopic (exact) mass is 732 g/mol. The van der Waals surface area contributed by atoms with Crippen molar-refractivity contribution in [2.24, 2.45) is 0 Å². The van der Waals surface area contributed by atoms with Crippen molar-refractivity contribution in [1.29, 1.82) is 0 Å². The molecule has 0 saturated heterocycles. The van der Waals surface area contributed by atoms with Crippen LogP contribution in [0.25, 0.3) is 109 Å². The topological polar surface area (TPSA) is 38.9 Å². The molecular formula is C52H32N2OS. The van der Waals surface area contributed by atoms with Crippen LogP contribution in [0.4, 0.5) is 0 Å². The highest BCUT2D eigenvalue weighted by atomic mass is 32.1. The molecule has 0 N–H and O–H groups in total. The lowest BCUT2D eigenvalue weighted by Gasteiger charge is -2.14. The molecule has 8 aromatic carbocycles. The molecule has 3 heterocycles. The number of benzene rings is 8. The van der Waals surface area contributed by atoms with E-state index in [1.807, 2.05) is 41.7 Å². The summed E-state index contributed by atoms with van der Waals surface area (Å²) < 4.78 is 9.03. The van der Waals surface area contributed by atoms with Crippen molar-refractivity contribution in [3.05, 3.63) is 194 Å². The van der Waals surface area contributed by atoms with E-state index in [9.17, 15) is 0 Å². The minimum absolute atomic E-state index is 0.682. The summed E-state index contributed by atoms with van der Waals surface area (Å²) >= 11 is 1.85. The lowest BCUT2D eigenvalue weighted by atomic mass is 9.93. The van der Waals surface area contributed by atoms with Crippen molar-refractivity contribution >= 4 is 53.4 Å². The van der Waals surface area contributed by atoms with Crippen LogP contribution in [0.15, 0.2) is 199 Å². The Morgan fingerprint density at radius 2 is 0.929 bits per heavy atom. The Hall–Kier alpha value is -7.14. The van der Waals surface area contributed by atoms with Gasteiger partial charge in [-0.15, -0.1) is 11.3 Å². The highest BCUT2D eigenvalue weighted by Crippen LogP contribution is 2.43. The number of thiophene rings is 1. The smallest absolute Gasteiger partial charge is 0.160 e. The molecule has 0 bridgehead atoms. The summed E-state index contributed by atoms with van der Waals surface area (Å²) in [4.78, 5) is 10.5. The Morgan fingerprint density at radius 3 is 1.77 bits per heavy atom. The molecule has 0 spiro atoms. The molecule has 11 aromatic rings. The van der Waals surface area contributed by atoms with Gasteiger partial charge in [0.2, 0.25) is 0 Å². The Morgan fingerprint density at radius 1 is 0.357 bits per heavy atom. The van der Waals surface area contributed by atoms with Crippen LogP contribution in [-0.2, 0) is 0 Å². The van der Waals surface area contributed by atoms with Gasteiger partial charge in [0.05, 0.1) is 11.4 Å². The third-order valence-electron chi connectivity index (χ3n) is 10.7. The molecule has 0 amide bonds. The highest BCUT2D eigenvalue weighted by molar-refractivity contribution is 7.26. The highest BCUT2D eigenvalue weighted by Gasteiger charge is 2.17. The van der Waals surface area contributed by atoms with Gasteiger partial charge in [0.15, 0.2) is 5.82 Å². The van der Waals surface area contributed by atoms with Gasteiger partial charge in [-0.2, -0.15) is 0 Å². The first kappa shape index (κ1) is 32.3. The van der Waals surface area contributed by atoms with Gasteiger partial charge < -0.3 is 4.42 Å². The van der Waals surface area contributed by atoms with E-state index in [4.69, 9.17) is 14.4 Å². The molecule has 3 nitrogen and oxygen atoms in total. The van der Waals surface area contributed by atoms with Crippen LogP contribution in [-0.4, -0.2) is 9.97 Å². The van der Waals surface area contributed by atoms with Crippen LogP contribution in [0.2, 0.25) is 0 Å². The summed E-state index contributed by atoms with van der Waals surface area (Å²) in [6.07, 6.45) is 0. The van der Waals surface area contributed by atoms with Gasteiger partial charge in [0.1, 0.15) is 11.2 Å². The first-order valence-corrected chi connectivity index (χ1v) is 19.6. The van der Waals surface area contributed by atoms with Crippen LogP contribution in [0.5, 0.6) is 0 Å². The number of aromatic nitrogens is 2. The van der Waals surface area contributed by atoms with Gasteiger partial charge >= 0.3 is 0 Å². The van der Waals surface area contributed by atoms with Crippen LogP contribution in [0, 0.1) is 0 Å². The molecule has 0 aliphatic carbocycles. The van der Waals surface area contributed by atoms with Gasteiger partial charge in [0.25, 0.3) is 0 Å². The molecule has 0 atom stereocenters. The Bertz CT molecular complexity index is 3250. The average Bonchev–Trinajstić information content (AvgIpc) is 3.86. The fraction of sp³-hybridized carbons (Fsp3) is 0. The minimum atomic E-state index is 0.682. The van der Waals surface area contributed by atoms with E-state index < -0.39 is 0 Å². The zero-order chi connectivity index (χ0) is 37.0. The maximum Gasteiger partial charge on any atom is 0.160 e. The third-order valence-corrected chi connectivity index (χ3v) is 11.9. The van der Waals surface area contributed by atoms with Crippen LogP contribution in [0.3, 0.4) is 0 Å². The van der Waals surface area contributed by atoms with Gasteiger partial charge in [-0.1, -0.05) is 152 Å². The third kappa shape index (κ3) is 5.58. The predicted octanol–water partition coefficient (Wildman–Crippen LogP) is 14.7. The van der Waals surface area contributed by atoms with E-state index in [-0.39, 0.29) is 0 Å². The van der Waals surface area contributed by atoms with E-state index in [1.165, 1.54) is 25.7 Å². The summed E-state index contributed by atoms with van der Waals surface area (Å²) in [6, 6.07) is 68.5. The summed E-state index contributed by atoms with van der Waals surface area (Å²) in [5.41, 5.74) is 13.3. The zero-order valence-electron chi connectivity index (χ0n) is 30.2. The second-order valence-electron chi connectivity index (χ2n) is 14.1. The fourth-order valence-electron chi connectivity index (χ4n) is 7.98. The number of hydrogen-bond acceptors (Lipinski definition) is 4. The second kappa shape index (κ2) is 13.3. The molecule has 0 saturated carbocycles. The lowest BCUT2D eigenvalue weighted by molar-refractivity contribution is 0.670. The molecule has 4 heteroatoms. The lowest BCUT2D eigenvalue weighted by Crippen LogP contribution is -1.97. The molecule has 0 aliphatic rings. The zero-order valence-corrected chi connectivity index (χ0v) is 31.0. The normalized spacial score (nSPS) is 11.6. The van der Waals surface area contributed by atoms with Gasteiger partial charge in [-0.25, -0.2) is 9.97 Å². The number of hydrogen-bond donors (Lipinski definition) is 0. The second-order valence-corrected chi connectivity index (χ2v) is 15.2. The van der Waals surface area contributed by atoms with Crippen LogP contribution < -0.4 is 0 Å². The van der Waals surface area contributed by atoms with E-state index >= 15 is 0 Å². The number of furan rings is 1. The van der Waals surface area contributed by atoms with Crippen LogP contribution >= 0.6 is 11.3 Å². The average molecular weight is 733 g/mol. The van der Waals surface area contributed by atoms with Gasteiger partial charge in [-0.05, 0) is 70.3 Å². The van der Waals surface area contributed by atoms with E-state index in [1.54, 1.807) is 0 Å². The number of fused-ring (bicyclic) bond motifs is 6. The number of para-hydroxylation sites is 2. The predicted molar refractivity (Wildman–Crippen MR) is 235 cm³/mol. The quantitative estimate of drug-likeness (QED) is 0.171. The van der Waals surface area contributed by atoms with E-state index in [2.05, 4.69) is 164 Å². The van der Waals surface area contributed by atoms with E-state index in [0.717, 1.165) is 77.8 Å². The molecule has 0 unspecified atom stereocenters. The molecule has 262 valence electrons. The summed E-state index contributed by atoms with van der Waals surface area (Å²) in [7, 11) is 0. The van der Waals surface area contributed by atoms with Crippen molar-refractivity contribution in [1.82, 2.24) is 9.97 Å². The molecule has 11 rings (SSSR count). The SMILES string of the molecule is c1ccc(-c2cc(-c3cc(-c4cccc(-c5cccc6c5oc5ccccc56)c4)nc(-c4ccccc4)n3)cc(-c3cccc4c3sc3ccccc34)c2)cc1. The van der Waals surface area contributed by atoms with Crippen molar-refractivity contribution < 1.29 is 4.42 Å². The molecule has 3 aromatic heterocycles. The molecule has 56 heavy (non-hydrogen) atoms. The molecule has 0 radical (unpaired) electrons. The summed E-state index contributed by atoms with van der Waals surface area (Å²) in [6.45, 7) is 0. The number of nitrogens with zero attached hydrogens (tertiary/aromatic N) is 2.